The van der Waals surface area contributed by atoms with E-state index in [2.05, 4.69) is 35.7 Å². The molecule has 0 saturated carbocycles. The summed E-state index contributed by atoms with van der Waals surface area (Å²) in [5.41, 5.74) is 1.49. The number of fused-ring (bicyclic) bond motifs is 4. The fraction of sp³-hybridized carbons (Fsp3) is 0.446. The minimum atomic E-state index is -1.58. The number of nitrogens with one attached hydrogen (secondary N) is 3. The Hall–Kier alpha value is -8.31. The van der Waals surface area contributed by atoms with Crippen molar-refractivity contribution in [3.8, 4) is 23.0 Å². The fourth-order valence-corrected chi connectivity index (χ4v) is 9.46. The highest BCUT2D eigenvalue weighted by Gasteiger charge is 2.48. The van der Waals surface area contributed by atoms with Crippen molar-refractivity contribution in [3.63, 3.8) is 0 Å². The zero-order valence-corrected chi connectivity index (χ0v) is 45.6. The van der Waals surface area contributed by atoms with E-state index in [-0.39, 0.29) is 110 Å². The average molecular weight is 1100 g/mol. The Morgan fingerprint density at radius 1 is 0.722 bits per heavy atom. The SMILES string of the molecule is C=CCOC(=O)N[C@H](C(=O)N[C@@H](C)C(=O)Nc1ccc(COC(=O)N2c3cc(OCCCOc4cc5c(cc4OC)C(=O)N4CC(=C)C[C@H]4[C@H](O)N5C(=O)OC(C)(C)C)c(OC)cc3C(=O)N3CC(=C)C[C@H]3[C@@H]2O)cc1)C(C)C. The van der Waals surface area contributed by atoms with Gasteiger partial charge in [-0.05, 0) is 76.3 Å². The van der Waals surface area contributed by atoms with Gasteiger partial charge in [0.15, 0.2) is 35.5 Å². The van der Waals surface area contributed by atoms with Crippen molar-refractivity contribution in [2.75, 3.05) is 62.2 Å². The molecule has 4 aliphatic rings. The van der Waals surface area contributed by atoms with Crippen LogP contribution in [-0.2, 0) is 30.4 Å². The van der Waals surface area contributed by atoms with Gasteiger partial charge in [0, 0.05) is 37.3 Å². The predicted octanol–water partition coefficient (Wildman–Crippen LogP) is 6.02. The summed E-state index contributed by atoms with van der Waals surface area (Å²) in [7, 11) is 2.79. The van der Waals surface area contributed by atoms with Crippen LogP contribution in [-0.4, -0.2) is 151 Å². The second-order valence-electron chi connectivity index (χ2n) is 20.8. The number of amides is 7. The molecule has 0 radical (unpaired) electrons. The van der Waals surface area contributed by atoms with Crippen LogP contribution in [0.2, 0.25) is 0 Å². The molecule has 7 rings (SSSR count). The first-order valence-corrected chi connectivity index (χ1v) is 25.7. The second kappa shape index (κ2) is 24.6. The molecule has 2 fully saturated rings. The van der Waals surface area contributed by atoms with E-state index in [1.54, 1.807) is 58.9 Å². The smallest absolute Gasteiger partial charge is 0.417 e. The topological polar surface area (TPSA) is 274 Å². The van der Waals surface area contributed by atoms with Gasteiger partial charge in [-0.1, -0.05) is 62.9 Å². The third-order valence-corrected chi connectivity index (χ3v) is 13.3. The maximum Gasteiger partial charge on any atom is 0.417 e. The first-order chi connectivity index (χ1) is 37.4. The molecule has 0 aliphatic carbocycles. The third-order valence-electron chi connectivity index (χ3n) is 13.3. The lowest BCUT2D eigenvalue weighted by Crippen LogP contribution is -2.53. The number of ether oxygens (including phenoxy) is 7. The highest BCUT2D eigenvalue weighted by Crippen LogP contribution is 2.44. The molecule has 0 aromatic heterocycles. The van der Waals surface area contributed by atoms with Crippen molar-refractivity contribution in [1.82, 2.24) is 20.4 Å². The lowest BCUT2D eigenvalue weighted by molar-refractivity contribution is -0.128. The summed E-state index contributed by atoms with van der Waals surface area (Å²) in [5, 5.41) is 31.4. The van der Waals surface area contributed by atoms with Crippen LogP contribution >= 0.6 is 0 Å². The molecule has 4 heterocycles. The van der Waals surface area contributed by atoms with Gasteiger partial charge in [-0.25, -0.2) is 24.2 Å². The highest BCUT2D eigenvalue weighted by molar-refractivity contribution is 6.07. The van der Waals surface area contributed by atoms with Crippen LogP contribution in [0.25, 0.3) is 0 Å². The summed E-state index contributed by atoms with van der Waals surface area (Å²) in [6.45, 7) is 21.5. The number of alkyl carbamates (subject to hydrolysis) is 1. The number of aliphatic hydroxyl groups excluding tert-OH is 2. The number of anilines is 3. The Morgan fingerprint density at radius 3 is 1.70 bits per heavy atom. The molecule has 0 spiro atoms. The van der Waals surface area contributed by atoms with Gasteiger partial charge >= 0.3 is 18.3 Å². The van der Waals surface area contributed by atoms with Gasteiger partial charge in [0.25, 0.3) is 11.8 Å². The number of nitrogens with zero attached hydrogens (tertiary/aromatic N) is 4. The maximum absolute atomic E-state index is 14.2. The van der Waals surface area contributed by atoms with Gasteiger partial charge in [-0.3, -0.25) is 19.2 Å². The molecule has 23 nitrogen and oxygen atoms in total. The molecular formula is C56H69N7O16. The van der Waals surface area contributed by atoms with Gasteiger partial charge in [0.1, 0.15) is 30.9 Å². The van der Waals surface area contributed by atoms with E-state index in [1.165, 1.54) is 61.3 Å². The molecule has 79 heavy (non-hydrogen) atoms. The van der Waals surface area contributed by atoms with E-state index in [0.717, 1.165) is 15.4 Å². The number of hydrogen-bond acceptors (Lipinski definition) is 16. The lowest BCUT2D eigenvalue weighted by atomic mass is 10.0. The molecule has 424 valence electrons. The Labute approximate surface area is 458 Å². The van der Waals surface area contributed by atoms with E-state index >= 15 is 0 Å². The van der Waals surface area contributed by atoms with Crippen LogP contribution in [0.15, 0.2) is 85.5 Å². The standard InChI is InChI=1S/C56H69N7O16/c1-12-18-77-53(70)59-46(30(2)3)48(65)57-33(6)47(64)58-35-16-14-34(15-17-35)29-78-54(71)62-38-25-44(42(73-10)23-36(38)49(66)60-27-31(4)21-40(60)51(62)68)75-19-13-20-76-45-26-39-37(24-43(45)74-11)50(67)61-28-32(5)22-41(61)52(69)63(39)55(72)79-56(7,8)9/h12,14-17,23-26,30,33,40-41,46,51-52,68-69H,1,4-5,13,18-22,27-29H2,2-3,6-11H3,(H,57,65)(H,58,64)(H,59,70)/t33-,40-,41-,46-,51-,52-/m0/s1. The lowest BCUT2D eigenvalue weighted by Gasteiger charge is -2.33. The molecule has 23 heteroatoms. The molecular weight excluding hydrogens is 1030 g/mol. The molecule has 0 unspecified atom stereocenters. The Morgan fingerprint density at radius 2 is 1.23 bits per heavy atom. The molecule has 2 saturated heterocycles. The summed E-state index contributed by atoms with van der Waals surface area (Å²) >= 11 is 0. The van der Waals surface area contributed by atoms with Crippen molar-refractivity contribution in [1.29, 1.82) is 0 Å². The maximum atomic E-state index is 14.2. The summed E-state index contributed by atoms with van der Waals surface area (Å²) in [5.74, 6) is -1.78. The highest BCUT2D eigenvalue weighted by atomic mass is 16.6. The number of carbonyl (C=O) groups excluding carboxylic acids is 7. The summed E-state index contributed by atoms with van der Waals surface area (Å²) in [6.07, 6.45) is -3.63. The number of rotatable bonds is 18. The largest absolute Gasteiger partial charge is 0.493 e. The summed E-state index contributed by atoms with van der Waals surface area (Å²) in [6, 6.07) is 8.46. The zero-order valence-electron chi connectivity index (χ0n) is 45.6. The monoisotopic (exact) mass is 1100 g/mol. The van der Waals surface area contributed by atoms with Crippen LogP contribution in [0.1, 0.15) is 87.1 Å². The predicted molar refractivity (Wildman–Crippen MR) is 288 cm³/mol. The van der Waals surface area contributed by atoms with Crippen LogP contribution in [0.3, 0.4) is 0 Å². The molecule has 5 N–H and O–H groups in total. The third kappa shape index (κ3) is 13.2. The molecule has 6 atom stereocenters. The van der Waals surface area contributed by atoms with Crippen LogP contribution in [0.4, 0.5) is 31.4 Å². The van der Waals surface area contributed by atoms with E-state index in [4.69, 9.17) is 33.2 Å². The number of carbonyl (C=O) groups is 7. The van der Waals surface area contributed by atoms with Crippen LogP contribution < -0.4 is 44.7 Å². The zero-order chi connectivity index (χ0) is 57.6. The Balaban J connectivity index is 1.03. The molecule has 0 bridgehead atoms. The van der Waals surface area contributed by atoms with E-state index in [0.29, 0.717) is 16.8 Å². The van der Waals surface area contributed by atoms with Gasteiger partial charge in [-0.15, -0.1) is 0 Å². The molecule has 3 aromatic rings. The fourth-order valence-electron chi connectivity index (χ4n) is 9.46. The van der Waals surface area contributed by atoms with Gasteiger partial charge < -0.3 is 69.1 Å². The molecule has 4 aliphatic heterocycles. The number of methoxy groups -OCH3 is 2. The van der Waals surface area contributed by atoms with Gasteiger partial charge in [0.05, 0.1) is 62.0 Å². The first kappa shape index (κ1) is 58.4. The summed E-state index contributed by atoms with van der Waals surface area (Å²) < 4.78 is 40.1. The van der Waals surface area contributed by atoms with Gasteiger partial charge in [0.2, 0.25) is 11.8 Å². The minimum Gasteiger partial charge on any atom is -0.493 e. The second-order valence-corrected chi connectivity index (χ2v) is 20.8. The van der Waals surface area contributed by atoms with Gasteiger partial charge in [-0.2, -0.15) is 0 Å². The quantitative estimate of drug-likeness (QED) is 0.0553. The van der Waals surface area contributed by atoms with Crippen molar-refractivity contribution in [3.05, 3.63) is 102 Å². The van der Waals surface area contributed by atoms with E-state index < -0.39 is 84.1 Å². The first-order valence-electron chi connectivity index (χ1n) is 25.7. The van der Waals surface area contributed by atoms with Crippen molar-refractivity contribution in [2.24, 2.45) is 5.92 Å². The van der Waals surface area contributed by atoms with Crippen LogP contribution in [0.5, 0.6) is 23.0 Å². The van der Waals surface area contributed by atoms with Crippen molar-refractivity contribution < 1.29 is 76.9 Å². The average Bonchev–Trinajstić information content (AvgIpc) is 4.22. The van der Waals surface area contributed by atoms with Crippen LogP contribution in [0, 0.1) is 5.92 Å². The Kier molecular flexibility index (Phi) is 18.2. The number of hydrogen-bond donors (Lipinski definition) is 5. The van der Waals surface area contributed by atoms with Crippen molar-refractivity contribution >= 4 is 59.0 Å². The van der Waals surface area contributed by atoms with E-state index in [1.807, 2.05) is 0 Å². The molecule has 3 aromatic carbocycles. The summed E-state index contributed by atoms with van der Waals surface area (Å²) in [4.78, 5) is 99.4. The molecule has 7 amide bonds. The Bertz CT molecular complexity index is 2880. The normalized spacial score (nSPS) is 19.4. The number of aliphatic hydroxyl groups is 2. The van der Waals surface area contributed by atoms with E-state index in [9.17, 15) is 43.8 Å². The van der Waals surface area contributed by atoms with Crippen molar-refractivity contribution in [2.45, 2.75) is 110 Å². The number of benzene rings is 3. The minimum absolute atomic E-state index is 0.00549.